The van der Waals surface area contributed by atoms with Gasteiger partial charge in [0.2, 0.25) is 0 Å². The summed E-state index contributed by atoms with van der Waals surface area (Å²) in [6.45, 7) is 2.03. The number of nitrogens with zero attached hydrogens (tertiary/aromatic N) is 3. The molecule has 0 bridgehead atoms. The van der Waals surface area contributed by atoms with Crippen LogP contribution in [0.2, 0.25) is 0 Å². The second-order valence-electron chi connectivity index (χ2n) is 5.53. The van der Waals surface area contributed by atoms with Crippen molar-refractivity contribution in [1.29, 1.82) is 0 Å². The van der Waals surface area contributed by atoms with E-state index in [1.54, 1.807) is 0 Å². The van der Waals surface area contributed by atoms with Crippen molar-refractivity contribution in [2.45, 2.75) is 31.9 Å². The van der Waals surface area contributed by atoms with E-state index in [9.17, 15) is 18.0 Å². The second-order valence-corrected chi connectivity index (χ2v) is 5.53. The van der Waals surface area contributed by atoms with E-state index in [4.69, 9.17) is 9.47 Å². The summed E-state index contributed by atoms with van der Waals surface area (Å²) in [5.41, 5.74) is 0.461. The normalized spacial score (nSPS) is 21.0. The Balaban J connectivity index is 1.73. The van der Waals surface area contributed by atoms with E-state index in [2.05, 4.69) is 5.10 Å². The van der Waals surface area contributed by atoms with Crippen molar-refractivity contribution in [2.75, 3.05) is 26.3 Å². The van der Waals surface area contributed by atoms with E-state index in [-0.39, 0.29) is 23.7 Å². The van der Waals surface area contributed by atoms with Crippen LogP contribution in [0.1, 0.15) is 22.5 Å². The van der Waals surface area contributed by atoms with Crippen LogP contribution in [-0.4, -0.2) is 58.9 Å². The van der Waals surface area contributed by atoms with Crippen LogP contribution in [-0.2, 0) is 16.0 Å². The lowest BCUT2D eigenvalue weighted by molar-refractivity contribution is -0.143. The van der Waals surface area contributed by atoms with Crippen LogP contribution in [0.3, 0.4) is 0 Å². The van der Waals surface area contributed by atoms with Gasteiger partial charge in [-0.15, -0.1) is 0 Å². The van der Waals surface area contributed by atoms with Gasteiger partial charge in [0, 0.05) is 19.2 Å². The van der Waals surface area contributed by atoms with Crippen LogP contribution < -0.4 is 0 Å². The van der Waals surface area contributed by atoms with Gasteiger partial charge in [-0.05, 0) is 6.92 Å². The summed E-state index contributed by atoms with van der Waals surface area (Å²) in [6.07, 6.45) is -2.66. The van der Waals surface area contributed by atoms with Crippen molar-refractivity contribution in [1.82, 2.24) is 14.7 Å². The van der Waals surface area contributed by atoms with Gasteiger partial charge in [-0.2, -0.15) is 18.3 Å². The summed E-state index contributed by atoms with van der Waals surface area (Å²) in [6, 6.07) is 0. The van der Waals surface area contributed by atoms with Crippen molar-refractivity contribution >= 4 is 5.91 Å². The monoisotopic (exact) mass is 319 g/mol. The maximum Gasteiger partial charge on any atom is 0.408 e. The summed E-state index contributed by atoms with van der Waals surface area (Å²) < 4.78 is 49.0. The topological polar surface area (TPSA) is 56.6 Å². The number of aryl methyl sites for hydroxylation is 1. The molecule has 3 rings (SSSR count). The minimum absolute atomic E-state index is 0.180. The Morgan fingerprint density at radius 3 is 2.73 bits per heavy atom. The maximum atomic E-state index is 12.5. The number of likely N-dealkylation sites (tertiary alicyclic amines) is 1. The molecule has 122 valence electrons. The number of ether oxygens (including phenoxy) is 2. The van der Waals surface area contributed by atoms with Crippen LogP contribution in [0.15, 0.2) is 6.20 Å². The molecule has 0 aromatic carbocycles. The third kappa shape index (κ3) is 2.95. The van der Waals surface area contributed by atoms with E-state index >= 15 is 0 Å². The van der Waals surface area contributed by atoms with E-state index in [1.165, 1.54) is 11.8 Å². The maximum absolute atomic E-state index is 12.5. The highest BCUT2D eigenvalue weighted by Gasteiger charge is 2.45. The summed E-state index contributed by atoms with van der Waals surface area (Å²) in [7, 11) is 0. The molecule has 9 heteroatoms. The summed E-state index contributed by atoms with van der Waals surface area (Å²) in [4.78, 5) is 14.0. The molecule has 2 aliphatic heterocycles. The molecule has 0 N–H and O–H groups in total. The zero-order chi connectivity index (χ0) is 16.0. The quantitative estimate of drug-likeness (QED) is 0.825. The average molecular weight is 319 g/mol. The molecule has 0 radical (unpaired) electrons. The molecule has 1 aromatic rings. The first-order chi connectivity index (χ1) is 10.3. The summed E-state index contributed by atoms with van der Waals surface area (Å²) >= 11 is 0. The zero-order valence-electron chi connectivity index (χ0n) is 12.0. The van der Waals surface area contributed by atoms with Gasteiger partial charge in [-0.1, -0.05) is 0 Å². The molecule has 1 spiro atoms. The first-order valence-electron chi connectivity index (χ1n) is 6.96. The van der Waals surface area contributed by atoms with E-state index in [1.807, 2.05) is 0 Å². The van der Waals surface area contributed by atoms with Gasteiger partial charge in [0.1, 0.15) is 6.54 Å². The molecular formula is C13H16F3N3O3. The average Bonchev–Trinajstić information content (AvgIpc) is 3.10. The Morgan fingerprint density at radius 1 is 1.41 bits per heavy atom. The van der Waals surface area contributed by atoms with Crippen LogP contribution in [0.4, 0.5) is 13.2 Å². The fourth-order valence-corrected chi connectivity index (χ4v) is 2.82. The highest BCUT2D eigenvalue weighted by molar-refractivity contribution is 5.95. The number of carbonyl (C=O) groups is 1. The predicted molar refractivity (Wildman–Crippen MR) is 68.2 cm³/mol. The number of aromatic nitrogens is 2. The Morgan fingerprint density at radius 2 is 2.09 bits per heavy atom. The van der Waals surface area contributed by atoms with Gasteiger partial charge >= 0.3 is 6.18 Å². The van der Waals surface area contributed by atoms with Crippen LogP contribution >= 0.6 is 0 Å². The Kier molecular flexibility index (Phi) is 3.64. The summed E-state index contributed by atoms with van der Waals surface area (Å²) in [5, 5.41) is 3.76. The largest absolute Gasteiger partial charge is 0.408 e. The van der Waals surface area contributed by atoms with Crippen LogP contribution in [0.25, 0.3) is 0 Å². The third-order valence-electron chi connectivity index (χ3n) is 3.81. The molecular weight excluding hydrogens is 303 g/mol. The van der Waals surface area contributed by atoms with E-state index in [0.717, 1.165) is 10.9 Å². The van der Waals surface area contributed by atoms with Gasteiger partial charge < -0.3 is 14.4 Å². The SMILES string of the molecule is Cc1nn(CC(F)(F)F)cc1C(=O)N1CCC2(C1)OCCO2. The lowest BCUT2D eigenvalue weighted by Gasteiger charge is -2.22. The minimum Gasteiger partial charge on any atom is -0.346 e. The highest BCUT2D eigenvalue weighted by Crippen LogP contribution is 2.31. The highest BCUT2D eigenvalue weighted by atomic mass is 19.4. The van der Waals surface area contributed by atoms with Crippen LogP contribution in [0.5, 0.6) is 0 Å². The molecule has 2 fully saturated rings. The number of carbonyl (C=O) groups excluding carboxylic acids is 1. The Bertz CT molecular complexity index is 579. The molecule has 6 nitrogen and oxygen atoms in total. The van der Waals surface area contributed by atoms with Crippen molar-refractivity contribution in [3.63, 3.8) is 0 Å². The summed E-state index contributed by atoms with van der Waals surface area (Å²) in [5.74, 6) is -1.09. The fraction of sp³-hybridized carbons (Fsp3) is 0.692. The van der Waals surface area contributed by atoms with E-state index in [0.29, 0.717) is 26.2 Å². The zero-order valence-corrected chi connectivity index (χ0v) is 12.0. The lowest BCUT2D eigenvalue weighted by Crippen LogP contribution is -2.37. The molecule has 0 saturated carbocycles. The number of halogens is 3. The van der Waals surface area contributed by atoms with Gasteiger partial charge in [0.05, 0.1) is 31.0 Å². The predicted octanol–water partition coefficient (Wildman–Crippen LogP) is 1.34. The molecule has 22 heavy (non-hydrogen) atoms. The number of amides is 1. The third-order valence-corrected chi connectivity index (χ3v) is 3.81. The second kappa shape index (κ2) is 5.24. The molecule has 1 aromatic heterocycles. The smallest absolute Gasteiger partial charge is 0.346 e. The van der Waals surface area contributed by atoms with Crippen molar-refractivity contribution in [3.05, 3.63) is 17.5 Å². The van der Waals surface area contributed by atoms with Gasteiger partial charge in [0.15, 0.2) is 5.79 Å². The van der Waals surface area contributed by atoms with Crippen molar-refractivity contribution < 1.29 is 27.4 Å². The molecule has 2 saturated heterocycles. The fourth-order valence-electron chi connectivity index (χ4n) is 2.82. The Hall–Kier alpha value is -1.61. The number of hydrogen-bond acceptors (Lipinski definition) is 4. The standard InChI is InChI=1S/C13H16F3N3O3/c1-9-10(6-19(17-9)8-13(14,15)16)11(20)18-3-2-12(7-18)21-4-5-22-12/h6H,2-5,7-8H2,1H3. The van der Waals surface area contributed by atoms with Crippen LogP contribution in [0, 0.1) is 6.92 Å². The minimum atomic E-state index is -4.37. The van der Waals surface area contributed by atoms with Crippen molar-refractivity contribution in [2.24, 2.45) is 0 Å². The number of alkyl halides is 3. The van der Waals surface area contributed by atoms with Gasteiger partial charge in [-0.3, -0.25) is 9.48 Å². The first kappa shape index (κ1) is 15.3. The molecule has 2 aliphatic rings. The molecule has 0 unspecified atom stereocenters. The number of hydrogen-bond donors (Lipinski definition) is 0. The first-order valence-corrected chi connectivity index (χ1v) is 6.96. The van der Waals surface area contributed by atoms with Crippen molar-refractivity contribution in [3.8, 4) is 0 Å². The number of rotatable bonds is 2. The van der Waals surface area contributed by atoms with Gasteiger partial charge in [0.25, 0.3) is 5.91 Å². The lowest BCUT2D eigenvalue weighted by atomic mass is 10.2. The molecule has 1 amide bonds. The van der Waals surface area contributed by atoms with Gasteiger partial charge in [-0.25, -0.2) is 0 Å². The van der Waals surface area contributed by atoms with E-state index < -0.39 is 18.5 Å². The molecule has 3 heterocycles. The molecule has 0 atom stereocenters. The Labute approximate surface area is 124 Å². The molecule has 0 aliphatic carbocycles.